The number of benzene rings is 2. The van der Waals surface area contributed by atoms with Crippen LogP contribution >= 0.6 is 23.8 Å². The number of halogens is 1. The highest BCUT2D eigenvalue weighted by Crippen LogP contribution is 2.38. The quantitative estimate of drug-likeness (QED) is 0.360. The molecule has 5 heteroatoms. The second kappa shape index (κ2) is 13.1. The van der Waals surface area contributed by atoms with Crippen molar-refractivity contribution in [3.63, 3.8) is 0 Å². The molecule has 0 spiro atoms. The fourth-order valence-corrected chi connectivity index (χ4v) is 4.50. The fourth-order valence-electron chi connectivity index (χ4n) is 4.10. The highest BCUT2D eigenvalue weighted by atomic mass is 35.5. The molecule has 2 atom stereocenters. The molecule has 0 saturated carbocycles. The van der Waals surface area contributed by atoms with Gasteiger partial charge in [-0.05, 0) is 67.6 Å². The first-order valence-electron chi connectivity index (χ1n) is 12.2. The van der Waals surface area contributed by atoms with E-state index in [1.165, 1.54) is 33.3 Å². The van der Waals surface area contributed by atoms with Crippen LogP contribution in [0.3, 0.4) is 0 Å². The molecule has 1 aliphatic heterocycles. The summed E-state index contributed by atoms with van der Waals surface area (Å²) in [5.74, 6) is 0.564. The van der Waals surface area contributed by atoms with Gasteiger partial charge in [-0.25, -0.2) is 0 Å². The molecule has 3 aromatic rings. The maximum absolute atomic E-state index is 6.22. The van der Waals surface area contributed by atoms with Gasteiger partial charge in [-0.1, -0.05) is 82.7 Å². The van der Waals surface area contributed by atoms with Crippen LogP contribution in [-0.2, 0) is 6.42 Å². The summed E-state index contributed by atoms with van der Waals surface area (Å²) in [6.45, 7) is 13.8. The number of nitrogens with one attached hydrogen (secondary N) is 2. The zero-order valence-electron chi connectivity index (χ0n) is 21.2. The molecular formula is C28H40ClN3S. The van der Waals surface area contributed by atoms with Crippen molar-refractivity contribution < 1.29 is 0 Å². The van der Waals surface area contributed by atoms with E-state index < -0.39 is 0 Å². The van der Waals surface area contributed by atoms with E-state index >= 15 is 0 Å². The van der Waals surface area contributed by atoms with E-state index in [0.717, 1.165) is 24.4 Å². The molecule has 0 bridgehead atoms. The maximum atomic E-state index is 6.22. The van der Waals surface area contributed by atoms with Crippen molar-refractivity contribution >= 4 is 40.2 Å². The number of H-pyrrole nitrogens is 1. The first-order chi connectivity index (χ1) is 15.8. The maximum Gasteiger partial charge on any atom is 0.0754 e. The minimum absolute atomic E-state index is 0.279. The number of aromatic amines is 1. The van der Waals surface area contributed by atoms with E-state index in [4.69, 9.17) is 11.6 Å². The highest BCUT2D eigenvalue weighted by Gasteiger charge is 2.29. The van der Waals surface area contributed by atoms with Crippen molar-refractivity contribution in [2.45, 2.75) is 72.4 Å². The van der Waals surface area contributed by atoms with Crippen LogP contribution in [0.1, 0.15) is 82.3 Å². The Bertz CT molecular complexity index is 1010. The minimum Gasteiger partial charge on any atom is -0.380 e. The third-order valence-electron chi connectivity index (χ3n) is 6.21. The van der Waals surface area contributed by atoms with Gasteiger partial charge in [0.25, 0.3) is 0 Å². The molecule has 0 radical (unpaired) electrons. The molecule has 0 fully saturated rings. The number of hydrogen-bond acceptors (Lipinski definition) is 2. The fraction of sp³-hybridized carbons (Fsp3) is 0.464. The average molecular weight is 486 g/mol. The van der Waals surface area contributed by atoms with Gasteiger partial charge >= 0.3 is 0 Å². The Morgan fingerprint density at radius 2 is 1.82 bits per heavy atom. The van der Waals surface area contributed by atoms with Crippen molar-refractivity contribution in [1.82, 2.24) is 15.2 Å². The van der Waals surface area contributed by atoms with Gasteiger partial charge in [0.15, 0.2) is 0 Å². The lowest BCUT2D eigenvalue weighted by Gasteiger charge is -2.33. The summed E-state index contributed by atoms with van der Waals surface area (Å²) in [4.78, 5) is 6.09. The molecule has 1 aromatic heterocycles. The minimum atomic E-state index is 0.279. The standard InChI is InChI=1S/C21H23ClN2.C5H11NS.C2H6/c1-13(2)14-4-6-15(7-5-14)21-20-17(10-11-24(21)3)18-12-16(22)8-9-19(18)23-20;1-3-5(2)6-4-7;1-2/h4-9,12-13,21,23H,10-11H2,1-3H3;4-5H,3H2,1-2H3,(H,6,7);1-2H3. The van der Waals surface area contributed by atoms with Gasteiger partial charge < -0.3 is 10.3 Å². The Morgan fingerprint density at radius 1 is 1.15 bits per heavy atom. The van der Waals surface area contributed by atoms with Crippen LogP contribution in [0.25, 0.3) is 10.9 Å². The summed E-state index contributed by atoms with van der Waals surface area (Å²) in [5, 5.41) is 5.06. The lowest BCUT2D eigenvalue weighted by molar-refractivity contribution is 0.261. The molecule has 0 amide bonds. The number of nitrogens with zero attached hydrogens (tertiary/aromatic N) is 1. The van der Waals surface area contributed by atoms with Gasteiger partial charge in [0.1, 0.15) is 0 Å². The molecule has 2 heterocycles. The topological polar surface area (TPSA) is 31.1 Å². The normalized spacial score (nSPS) is 16.2. The highest BCUT2D eigenvalue weighted by molar-refractivity contribution is 7.78. The lowest BCUT2D eigenvalue weighted by atomic mass is 9.91. The summed E-state index contributed by atoms with van der Waals surface area (Å²) in [5.41, 5.74) is 8.22. The van der Waals surface area contributed by atoms with Gasteiger partial charge in [0, 0.05) is 34.2 Å². The monoisotopic (exact) mass is 485 g/mol. The van der Waals surface area contributed by atoms with Gasteiger partial charge in [-0.2, -0.15) is 0 Å². The third kappa shape index (κ3) is 6.81. The van der Waals surface area contributed by atoms with Crippen LogP contribution in [0.2, 0.25) is 5.02 Å². The SMILES string of the molecule is CC.CC(C)c1ccc(C2c3[nH]c4ccc(Cl)cc4c3CCN2C)cc1.CCC(C)NC=S. The zero-order valence-corrected chi connectivity index (χ0v) is 22.8. The number of hydrogen-bond donors (Lipinski definition) is 2. The number of thiocarbonyl (C=S) groups is 1. The summed E-state index contributed by atoms with van der Waals surface area (Å²) in [6.07, 6.45) is 2.19. The molecule has 0 aliphatic carbocycles. The van der Waals surface area contributed by atoms with E-state index in [1.807, 2.05) is 19.9 Å². The van der Waals surface area contributed by atoms with Gasteiger partial charge in [0.05, 0.1) is 11.5 Å². The van der Waals surface area contributed by atoms with Gasteiger partial charge in [-0.15, -0.1) is 0 Å². The van der Waals surface area contributed by atoms with Crippen LogP contribution in [0, 0.1) is 0 Å². The van der Waals surface area contributed by atoms with Crippen LogP contribution in [0.5, 0.6) is 0 Å². The first-order valence-corrected chi connectivity index (χ1v) is 13.0. The predicted octanol–water partition coefficient (Wildman–Crippen LogP) is 7.88. The van der Waals surface area contributed by atoms with Crippen LogP contribution in [0.4, 0.5) is 0 Å². The average Bonchev–Trinajstić information content (AvgIpc) is 3.18. The molecule has 2 aromatic carbocycles. The van der Waals surface area contributed by atoms with Gasteiger partial charge in [0.2, 0.25) is 0 Å². The van der Waals surface area contributed by atoms with E-state index in [9.17, 15) is 0 Å². The van der Waals surface area contributed by atoms with Crippen LogP contribution in [-0.4, -0.2) is 35.0 Å². The molecule has 2 unspecified atom stereocenters. The largest absolute Gasteiger partial charge is 0.380 e. The molecule has 0 saturated heterocycles. The van der Waals surface area contributed by atoms with Crippen LogP contribution < -0.4 is 5.32 Å². The molecule has 4 rings (SSSR count). The van der Waals surface area contributed by atoms with E-state index in [-0.39, 0.29) is 6.04 Å². The van der Waals surface area contributed by atoms with E-state index in [1.54, 1.807) is 5.49 Å². The molecular weight excluding hydrogens is 446 g/mol. The number of fused-ring (bicyclic) bond motifs is 3. The molecule has 1 aliphatic rings. The van der Waals surface area contributed by atoms with Crippen molar-refractivity contribution in [2.75, 3.05) is 13.6 Å². The number of aromatic nitrogens is 1. The van der Waals surface area contributed by atoms with Crippen molar-refractivity contribution in [3.8, 4) is 0 Å². The Balaban J connectivity index is 0.000000370. The molecule has 2 N–H and O–H groups in total. The number of rotatable bonds is 5. The van der Waals surface area contributed by atoms with Crippen molar-refractivity contribution in [1.29, 1.82) is 0 Å². The van der Waals surface area contributed by atoms with E-state index in [2.05, 4.69) is 98.6 Å². The van der Waals surface area contributed by atoms with E-state index in [0.29, 0.717) is 12.0 Å². The summed E-state index contributed by atoms with van der Waals surface area (Å²) in [6, 6.07) is 16.1. The lowest BCUT2D eigenvalue weighted by Crippen LogP contribution is -2.32. The van der Waals surface area contributed by atoms with Crippen LogP contribution in [0.15, 0.2) is 42.5 Å². The second-order valence-corrected chi connectivity index (χ2v) is 9.43. The first kappa shape index (κ1) is 27.4. The number of likely N-dealkylation sites (N-methyl/N-ethyl adjacent to an activating group) is 1. The second-order valence-electron chi connectivity index (χ2n) is 8.76. The molecule has 33 heavy (non-hydrogen) atoms. The summed E-state index contributed by atoms with van der Waals surface area (Å²) >= 11 is 10.8. The Hall–Kier alpha value is -1.88. The molecule has 3 nitrogen and oxygen atoms in total. The molecule has 180 valence electrons. The van der Waals surface area contributed by atoms with Gasteiger partial charge in [-0.3, -0.25) is 4.90 Å². The van der Waals surface area contributed by atoms with Crippen molar-refractivity contribution in [3.05, 3.63) is 69.9 Å². The Morgan fingerprint density at radius 3 is 2.36 bits per heavy atom. The zero-order chi connectivity index (χ0) is 24.5. The Labute approximate surface area is 210 Å². The predicted molar refractivity (Wildman–Crippen MR) is 150 cm³/mol. The van der Waals surface area contributed by atoms with Crippen molar-refractivity contribution in [2.24, 2.45) is 0 Å². The Kier molecular flexibility index (Phi) is 10.9. The summed E-state index contributed by atoms with van der Waals surface area (Å²) < 4.78 is 0. The third-order valence-corrected chi connectivity index (χ3v) is 6.58. The smallest absolute Gasteiger partial charge is 0.0754 e. The summed E-state index contributed by atoms with van der Waals surface area (Å²) in [7, 11) is 2.21.